The number of alkyl halides is 5. The first-order valence-corrected chi connectivity index (χ1v) is 14.4. The Morgan fingerprint density at radius 1 is 0.911 bits per heavy atom. The maximum Gasteiger partial charge on any atom is 0.416 e. The van der Waals surface area contributed by atoms with Gasteiger partial charge in [-0.2, -0.15) is 22.0 Å². The van der Waals surface area contributed by atoms with Crippen LogP contribution in [0, 0.1) is 5.92 Å². The van der Waals surface area contributed by atoms with Crippen LogP contribution in [0.4, 0.5) is 32.4 Å². The topological polar surface area (TPSA) is 80.3 Å². The van der Waals surface area contributed by atoms with Crippen molar-refractivity contribution in [3.05, 3.63) is 95.6 Å². The zero-order valence-corrected chi connectivity index (χ0v) is 24.1. The van der Waals surface area contributed by atoms with Gasteiger partial charge < -0.3 is 29.3 Å². The standard InChI is InChI=1S/C32H32F5N3O5/c33-30(34)43-20-26-14-28(45-27-12-8-24(9-13-27)32(35,36)37)18-40(26)25-10-6-23(7-11-25)29(41)38-15-22-16-39(17-22)31(42)44-19-21-4-2-1-3-5-21/h1-13,22,26,28,30H,14-20H2,(H,38,41)/t26-,28-/m0/s1. The van der Waals surface area contributed by atoms with Gasteiger partial charge in [-0.1, -0.05) is 30.3 Å². The second-order valence-corrected chi connectivity index (χ2v) is 11.0. The van der Waals surface area contributed by atoms with Crippen molar-refractivity contribution in [1.82, 2.24) is 10.2 Å². The molecular weight excluding hydrogens is 601 g/mol. The Labute approximate surface area is 256 Å². The van der Waals surface area contributed by atoms with E-state index in [9.17, 15) is 31.5 Å². The third-order valence-electron chi connectivity index (χ3n) is 7.71. The Bertz CT molecular complexity index is 1420. The van der Waals surface area contributed by atoms with Gasteiger partial charge in [-0.05, 0) is 54.1 Å². The molecule has 2 aliphatic heterocycles. The summed E-state index contributed by atoms with van der Waals surface area (Å²) in [5.74, 6) is 0.0301. The quantitative estimate of drug-likeness (QED) is 0.262. The van der Waals surface area contributed by atoms with E-state index in [4.69, 9.17) is 9.47 Å². The molecule has 0 aliphatic carbocycles. The lowest BCUT2D eigenvalue weighted by molar-refractivity contribution is -0.137. The summed E-state index contributed by atoms with van der Waals surface area (Å²) in [4.78, 5) is 28.4. The van der Waals surface area contributed by atoms with Gasteiger partial charge >= 0.3 is 18.9 Å². The molecule has 3 aromatic rings. The molecule has 0 radical (unpaired) electrons. The Morgan fingerprint density at radius 3 is 2.24 bits per heavy atom. The van der Waals surface area contributed by atoms with Crippen LogP contribution in [0.1, 0.15) is 27.9 Å². The van der Waals surface area contributed by atoms with E-state index in [-0.39, 0.29) is 37.3 Å². The number of carbonyl (C=O) groups excluding carboxylic acids is 2. The summed E-state index contributed by atoms with van der Waals surface area (Å²) < 4.78 is 80.1. The second-order valence-electron chi connectivity index (χ2n) is 11.0. The fourth-order valence-corrected chi connectivity index (χ4v) is 5.33. The molecule has 2 aliphatic rings. The summed E-state index contributed by atoms with van der Waals surface area (Å²) in [5.41, 5.74) is 1.14. The van der Waals surface area contributed by atoms with Crippen LogP contribution >= 0.6 is 0 Å². The largest absolute Gasteiger partial charge is 0.489 e. The average Bonchev–Trinajstić information content (AvgIpc) is 3.41. The van der Waals surface area contributed by atoms with Crippen LogP contribution < -0.4 is 15.0 Å². The number of rotatable bonds is 11. The van der Waals surface area contributed by atoms with E-state index >= 15 is 0 Å². The number of likely N-dealkylation sites (tertiary alicyclic amines) is 1. The summed E-state index contributed by atoms with van der Waals surface area (Å²) in [6.07, 6.45) is -5.06. The van der Waals surface area contributed by atoms with Crippen LogP contribution in [0.3, 0.4) is 0 Å². The van der Waals surface area contributed by atoms with Gasteiger partial charge in [-0.15, -0.1) is 0 Å². The highest BCUT2D eigenvalue weighted by Gasteiger charge is 2.36. The van der Waals surface area contributed by atoms with Crippen LogP contribution in [0.25, 0.3) is 0 Å². The Kier molecular flexibility index (Phi) is 10.1. The second kappa shape index (κ2) is 14.1. The first-order valence-electron chi connectivity index (χ1n) is 14.4. The molecule has 0 aromatic heterocycles. The number of nitrogens with one attached hydrogen (secondary N) is 1. The van der Waals surface area contributed by atoms with Gasteiger partial charge in [-0.25, -0.2) is 4.79 Å². The van der Waals surface area contributed by atoms with Crippen LogP contribution in [-0.2, 0) is 22.3 Å². The smallest absolute Gasteiger partial charge is 0.416 e. The minimum atomic E-state index is -4.47. The molecule has 1 N–H and O–H groups in total. The predicted molar refractivity (Wildman–Crippen MR) is 154 cm³/mol. The number of hydrogen-bond acceptors (Lipinski definition) is 6. The normalized spacial score (nSPS) is 18.5. The van der Waals surface area contributed by atoms with E-state index in [1.807, 2.05) is 35.2 Å². The molecule has 2 fully saturated rings. The molecule has 13 heteroatoms. The fourth-order valence-electron chi connectivity index (χ4n) is 5.33. The lowest BCUT2D eigenvalue weighted by atomic mass is 10.0. The molecule has 5 rings (SSSR count). The van der Waals surface area contributed by atoms with Gasteiger partial charge in [0.1, 0.15) is 18.5 Å². The number of nitrogens with zero attached hydrogens (tertiary/aromatic N) is 2. The molecule has 2 atom stereocenters. The van der Waals surface area contributed by atoms with Crippen molar-refractivity contribution in [1.29, 1.82) is 0 Å². The average molecular weight is 634 g/mol. The number of hydrogen-bond donors (Lipinski definition) is 1. The molecule has 0 unspecified atom stereocenters. The lowest BCUT2D eigenvalue weighted by Crippen LogP contribution is -2.53. The van der Waals surface area contributed by atoms with Crippen molar-refractivity contribution in [3.63, 3.8) is 0 Å². The van der Waals surface area contributed by atoms with Crippen molar-refractivity contribution in [3.8, 4) is 5.75 Å². The van der Waals surface area contributed by atoms with E-state index in [1.165, 1.54) is 12.1 Å². The molecule has 2 saturated heterocycles. The summed E-state index contributed by atoms with van der Waals surface area (Å²) in [6.45, 7) is -1.46. The maximum atomic E-state index is 12.9. The number of carbonyl (C=O) groups is 2. The number of amides is 2. The summed E-state index contributed by atoms with van der Waals surface area (Å²) in [7, 11) is 0. The van der Waals surface area contributed by atoms with Gasteiger partial charge in [-0.3, -0.25) is 4.79 Å². The van der Waals surface area contributed by atoms with E-state index in [2.05, 4.69) is 10.1 Å². The van der Waals surface area contributed by atoms with Crippen molar-refractivity contribution >= 4 is 17.7 Å². The first-order chi connectivity index (χ1) is 21.5. The highest BCUT2D eigenvalue weighted by molar-refractivity contribution is 5.94. The SMILES string of the molecule is O=C(NCC1CN(C(=O)OCc2ccccc2)C1)c1ccc(N2C[C@@H](Oc3ccc(C(F)(F)F)cc3)C[C@H]2COC(F)F)cc1. The molecule has 45 heavy (non-hydrogen) atoms. The monoisotopic (exact) mass is 633 g/mol. The summed E-state index contributed by atoms with van der Waals surface area (Å²) >= 11 is 0. The highest BCUT2D eigenvalue weighted by Crippen LogP contribution is 2.32. The minimum absolute atomic E-state index is 0.0966. The van der Waals surface area contributed by atoms with Gasteiger partial charge in [0.05, 0.1) is 24.8 Å². The van der Waals surface area contributed by atoms with Crippen molar-refractivity contribution < 1.29 is 45.8 Å². The summed E-state index contributed by atoms with van der Waals surface area (Å²) in [5, 5.41) is 2.87. The molecule has 2 heterocycles. The molecule has 0 saturated carbocycles. The lowest BCUT2D eigenvalue weighted by Gasteiger charge is -2.38. The maximum absolute atomic E-state index is 12.9. The van der Waals surface area contributed by atoms with Gasteiger partial charge in [0.25, 0.3) is 5.91 Å². The molecule has 8 nitrogen and oxygen atoms in total. The van der Waals surface area contributed by atoms with E-state index in [0.29, 0.717) is 37.3 Å². The third kappa shape index (κ3) is 8.62. The third-order valence-corrected chi connectivity index (χ3v) is 7.71. The molecule has 2 amide bonds. The molecular formula is C32H32F5N3O5. The van der Waals surface area contributed by atoms with Gasteiger partial charge in [0.2, 0.25) is 0 Å². The number of ether oxygens (including phenoxy) is 3. The Balaban J connectivity index is 1.10. The van der Waals surface area contributed by atoms with Crippen LogP contribution in [0.5, 0.6) is 5.75 Å². The zero-order chi connectivity index (χ0) is 32.0. The van der Waals surface area contributed by atoms with Crippen molar-refractivity contribution in [2.75, 3.05) is 37.7 Å². The summed E-state index contributed by atoms with van der Waals surface area (Å²) in [6, 6.07) is 19.8. The van der Waals surface area contributed by atoms with Crippen LogP contribution in [-0.4, -0.2) is 68.4 Å². The molecule has 0 spiro atoms. The minimum Gasteiger partial charge on any atom is -0.489 e. The van der Waals surface area contributed by atoms with E-state index < -0.39 is 36.6 Å². The number of anilines is 1. The predicted octanol–water partition coefficient (Wildman–Crippen LogP) is 5.97. The Morgan fingerprint density at radius 2 is 1.60 bits per heavy atom. The molecule has 240 valence electrons. The van der Waals surface area contributed by atoms with Crippen LogP contribution in [0.15, 0.2) is 78.9 Å². The number of halogens is 5. The first kappa shape index (κ1) is 32.0. The van der Waals surface area contributed by atoms with E-state index in [1.54, 1.807) is 29.2 Å². The van der Waals surface area contributed by atoms with Gasteiger partial charge in [0, 0.05) is 43.2 Å². The fraction of sp³-hybridized carbons (Fsp3) is 0.375. The number of benzene rings is 3. The van der Waals surface area contributed by atoms with Crippen LogP contribution in [0.2, 0.25) is 0 Å². The van der Waals surface area contributed by atoms with Crippen molar-refractivity contribution in [2.24, 2.45) is 5.92 Å². The highest BCUT2D eigenvalue weighted by atomic mass is 19.4. The van der Waals surface area contributed by atoms with E-state index in [0.717, 1.165) is 17.7 Å². The van der Waals surface area contributed by atoms with Gasteiger partial charge in [0.15, 0.2) is 0 Å². The Hall–Kier alpha value is -4.39. The molecule has 0 bridgehead atoms. The van der Waals surface area contributed by atoms with Crippen molar-refractivity contribution in [2.45, 2.75) is 38.0 Å². The zero-order valence-electron chi connectivity index (χ0n) is 24.1. The molecule has 3 aromatic carbocycles.